The Morgan fingerprint density at radius 3 is 2.71 bits per heavy atom. The number of anilines is 1. The highest BCUT2D eigenvalue weighted by molar-refractivity contribution is 6.02. The fourth-order valence-corrected chi connectivity index (χ4v) is 4.08. The van der Waals surface area contributed by atoms with Crippen LogP contribution in [0.4, 0.5) is 5.69 Å². The topological polar surface area (TPSA) is 63.1 Å². The minimum Gasteiger partial charge on any atom is -0.323 e. The molecular weight excluding hydrogens is 386 g/mol. The van der Waals surface area contributed by atoms with Crippen molar-refractivity contribution in [1.29, 1.82) is 0 Å². The number of hydrogen-bond donors (Lipinski definition) is 1. The second-order valence-corrected chi connectivity index (χ2v) is 8.72. The number of nitrogens with one attached hydrogen (secondary N) is 1. The van der Waals surface area contributed by atoms with Crippen molar-refractivity contribution in [3.05, 3.63) is 72.3 Å². The second kappa shape index (κ2) is 8.47. The standard InChI is InChI=1S/C25H27N5O/c1-18-14-29(15-18)16-19-2-5-22(6-3-19)28-25(31)9-4-20-12-26-11-10-24(20)21-13-27-30(17-21)23-7-8-23/h2-6,9-13,17-18,23H,7-8,14-16H2,1H3,(H,28,31)/b9-4+. The zero-order valence-electron chi connectivity index (χ0n) is 17.7. The van der Waals surface area contributed by atoms with Gasteiger partial charge in [-0.1, -0.05) is 19.1 Å². The van der Waals surface area contributed by atoms with E-state index in [1.54, 1.807) is 18.5 Å². The number of nitrogens with zero attached hydrogens (tertiary/aromatic N) is 4. The average Bonchev–Trinajstić information content (AvgIpc) is 3.49. The molecule has 0 unspecified atom stereocenters. The minimum atomic E-state index is -0.159. The molecule has 1 amide bonds. The van der Waals surface area contributed by atoms with Crippen LogP contribution in [-0.2, 0) is 11.3 Å². The van der Waals surface area contributed by atoms with E-state index in [-0.39, 0.29) is 5.91 Å². The quantitative estimate of drug-likeness (QED) is 0.584. The summed E-state index contributed by atoms with van der Waals surface area (Å²) in [4.78, 5) is 19.1. The van der Waals surface area contributed by atoms with Gasteiger partial charge in [0.1, 0.15) is 0 Å². The maximum Gasteiger partial charge on any atom is 0.248 e. The largest absolute Gasteiger partial charge is 0.323 e. The van der Waals surface area contributed by atoms with E-state index in [1.807, 2.05) is 35.2 Å². The first-order valence-electron chi connectivity index (χ1n) is 10.9. The van der Waals surface area contributed by atoms with E-state index in [1.165, 1.54) is 31.5 Å². The summed E-state index contributed by atoms with van der Waals surface area (Å²) < 4.78 is 2.03. The van der Waals surface area contributed by atoms with Crippen LogP contribution < -0.4 is 5.32 Å². The number of hydrogen-bond acceptors (Lipinski definition) is 4. The van der Waals surface area contributed by atoms with E-state index in [0.717, 1.165) is 34.8 Å². The SMILES string of the molecule is CC1CN(Cc2ccc(NC(=O)/C=C/c3cnccc3-c3cnn(C4CC4)c3)cc2)C1. The van der Waals surface area contributed by atoms with Gasteiger partial charge in [-0.2, -0.15) is 5.10 Å². The molecule has 1 aliphatic carbocycles. The number of likely N-dealkylation sites (tertiary alicyclic amines) is 1. The van der Waals surface area contributed by atoms with Gasteiger partial charge in [0.2, 0.25) is 5.91 Å². The van der Waals surface area contributed by atoms with E-state index in [2.05, 4.69) is 45.6 Å². The van der Waals surface area contributed by atoms with Crippen LogP contribution >= 0.6 is 0 Å². The molecule has 2 fully saturated rings. The molecule has 6 nitrogen and oxygen atoms in total. The highest BCUT2D eigenvalue weighted by Crippen LogP contribution is 2.35. The Morgan fingerprint density at radius 2 is 1.97 bits per heavy atom. The molecule has 1 saturated heterocycles. The maximum atomic E-state index is 12.4. The molecule has 158 valence electrons. The van der Waals surface area contributed by atoms with E-state index in [9.17, 15) is 4.79 Å². The van der Waals surface area contributed by atoms with Crippen molar-refractivity contribution in [2.45, 2.75) is 32.4 Å². The second-order valence-electron chi connectivity index (χ2n) is 8.72. The van der Waals surface area contributed by atoms with Gasteiger partial charge in [0.15, 0.2) is 0 Å². The molecule has 1 aromatic carbocycles. The zero-order chi connectivity index (χ0) is 21.2. The van der Waals surface area contributed by atoms with E-state index < -0.39 is 0 Å². The van der Waals surface area contributed by atoms with Crippen LogP contribution in [0.25, 0.3) is 17.2 Å². The van der Waals surface area contributed by atoms with Crippen molar-refractivity contribution in [3.63, 3.8) is 0 Å². The van der Waals surface area contributed by atoms with Gasteiger partial charge in [-0.3, -0.25) is 19.4 Å². The Balaban J connectivity index is 1.22. The lowest BCUT2D eigenvalue weighted by Gasteiger charge is -2.37. The Labute approximate surface area is 182 Å². The maximum absolute atomic E-state index is 12.4. The number of amides is 1. The molecule has 0 bridgehead atoms. The molecule has 5 rings (SSSR count). The minimum absolute atomic E-state index is 0.159. The molecule has 2 aliphatic rings. The molecule has 3 heterocycles. The number of aromatic nitrogens is 3. The highest BCUT2D eigenvalue weighted by atomic mass is 16.1. The van der Waals surface area contributed by atoms with E-state index in [0.29, 0.717) is 6.04 Å². The Kier molecular flexibility index (Phi) is 5.38. The van der Waals surface area contributed by atoms with Crippen LogP contribution in [0.2, 0.25) is 0 Å². The lowest BCUT2D eigenvalue weighted by Crippen LogP contribution is -2.44. The van der Waals surface area contributed by atoms with Gasteiger partial charge >= 0.3 is 0 Å². The Morgan fingerprint density at radius 1 is 1.16 bits per heavy atom. The molecule has 1 aliphatic heterocycles. The van der Waals surface area contributed by atoms with Crippen molar-refractivity contribution < 1.29 is 4.79 Å². The predicted molar refractivity (Wildman–Crippen MR) is 122 cm³/mol. The summed E-state index contributed by atoms with van der Waals surface area (Å²) in [6.07, 6.45) is 13.3. The summed E-state index contributed by atoms with van der Waals surface area (Å²) in [7, 11) is 0. The molecule has 0 spiro atoms. The molecule has 0 radical (unpaired) electrons. The lowest BCUT2D eigenvalue weighted by molar-refractivity contribution is -0.111. The third kappa shape index (κ3) is 4.75. The first kappa shape index (κ1) is 19.7. The number of carbonyl (C=O) groups excluding carboxylic acids is 1. The summed E-state index contributed by atoms with van der Waals surface area (Å²) >= 11 is 0. The van der Waals surface area contributed by atoms with Crippen LogP contribution in [0.5, 0.6) is 0 Å². The van der Waals surface area contributed by atoms with Crippen LogP contribution in [0.15, 0.2) is 61.2 Å². The summed E-state index contributed by atoms with van der Waals surface area (Å²) in [5.41, 5.74) is 5.03. The van der Waals surface area contributed by atoms with Crippen molar-refractivity contribution in [1.82, 2.24) is 19.7 Å². The van der Waals surface area contributed by atoms with Crippen molar-refractivity contribution >= 4 is 17.7 Å². The molecule has 31 heavy (non-hydrogen) atoms. The molecule has 6 heteroatoms. The third-order valence-electron chi connectivity index (χ3n) is 5.87. The van der Waals surface area contributed by atoms with Gasteiger partial charge < -0.3 is 5.32 Å². The molecular formula is C25H27N5O. The summed E-state index contributed by atoms with van der Waals surface area (Å²) in [6.45, 7) is 5.58. The van der Waals surface area contributed by atoms with Gasteiger partial charge in [0.05, 0.1) is 12.2 Å². The zero-order valence-corrected chi connectivity index (χ0v) is 17.7. The molecule has 0 atom stereocenters. The normalized spacial score (nSPS) is 17.1. The number of benzene rings is 1. The summed E-state index contributed by atoms with van der Waals surface area (Å²) in [6, 6.07) is 10.6. The van der Waals surface area contributed by atoms with Gasteiger partial charge in [-0.25, -0.2) is 0 Å². The van der Waals surface area contributed by atoms with Gasteiger partial charge in [0, 0.05) is 61.1 Å². The monoisotopic (exact) mass is 413 g/mol. The van der Waals surface area contributed by atoms with Crippen LogP contribution in [0, 0.1) is 5.92 Å². The first-order valence-corrected chi connectivity index (χ1v) is 10.9. The Bertz CT molecular complexity index is 1090. The smallest absolute Gasteiger partial charge is 0.248 e. The fourth-order valence-electron chi connectivity index (χ4n) is 4.08. The highest BCUT2D eigenvalue weighted by Gasteiger charge is 2.24. The number of carbonyl (C=O) groups is 1. The van der Waals surface area contributed by atoms with Gasteiger partial charge in [0.25, 0.3) is 0 Å². The summed E-state index contributed by atoms with van der Waals surface area (Å²) in [5, 5.41) is 7.41. The van der Waals surface area contributed by atoms with Crippen molar-refractivity contribution in [2.75, 3.05) is 18.4 Å². The molecule has 1 N–H and O–H groups in total. The van der Waals surface area contributed by atoms with Crippen molar-refractivity contribution in [2.24, 2.45) is 5.92 Å². The van der Waals surface area contributed by atoms with Crippen LogP contribution in [0.3, 0.4) is 0 Å². The number of rotatable bonds is 7. The molecule has 2 aromatic heterocycles. The first-order chi connectivity index (χ1) is 15.1. The summed E-state index contributed by atoms with van der Waals surface area (Å²) in [5.74, 6) is 0.646. The van der Waals surface area contributed by atoms with Crippen LogP contribution in [0.1, 0.15) is 36.9 Å². The van der Waals surface area contributed by atoms with Crippen molar-refractivity contribution in [3.8, 4) is 11.1 Å². The van der Waals surface area contributed by atoms with Gasteiger partial charge in [-0.05, 0) is 54.2 Å². The molecule has 3 aromatic rings. The predicted octanol–water partition coefficient (Wildman–Crippen LogP) is 4.38. The molecule has 1 saturated carbocycles. The third-order valence-corrected chi connectivity index (χ3v) is 5.87. The fraction of sp³-hybridized carbons (Fsp3) is 0.320. The van der Waals surface area contributed by atoms with Gasteiger partial charge in [-0.15, -0.1) is 0 Å². The van der Waals surface area contributed by atoms with E-state index in [4.69, 9.17) is 0 Å². The lowest BCUT2D eigenvalue weighted by atomic mass is 10.0. The number of pyridine rings is 1. The Hall–Kier alpha value is -3.25. The average molecular weight is 414 g/mol. The van der Waals surface area contributed by atoms with E-state index >= 15 is 0 Å². The van der Waals surface area contributed by atoms with Crippen LogP contribution in [-0.4, -0.2) is 38.7 Å².